The summed E-state index contributed by atoms with van der Waals surface area (Å²) in [7, 11) is 3.86. The van der Waals surface area contributed by atoms with Crippen molar-refractivity contribution in [2.24, 2.45) is 0 Å². The summed E-state index contributed by atoms with van der Waals surface area (Å²) in [5, 5.41) is 6.22. The molecule has 146 valence electrons. The Labute approximate surface area is 168 Å². The van der Waals surface area contributed by atoms with Crippen molar-refractivity contribution >= 4 is 34.6 Å². The topological polar surface area (TPSA) is 78.7 Å². The number of nitrogens with zero attached hydrogens (tertiary/aromatic N) is 3. The second kappa shape index (κ2) is 8.41. The Hall–Kier alpha value is -2.90. The summed E-state index contributed by atoms with van der Waals surface area (Å²) in [5.41, 5.74) is 2.15. The average Bonchev–Trinajstić information content (AvgIpc) is 3.05. The Morgan fingerprint density at radius 1 is 1.14 bits per heavy atom. The first kappa shape index (κ1) is 19.9. The standard InChI is InChI=1S/C20H22ClN5O2/c1-13-14(21)7-6-8-15(13)23-20(28)18-24-17(16-9-4-5-11-26(16)18)19(27)22-10-12-25(2)3/h4-9,11H,10,12H2,1-3H3,(H,22,27)(H,23,28). The van der Waals surface area contributed by atoms with Gasteiger partial charge in [-0.15, -0.1) is 0 Å². The lowest BCUT2D eigenvalue weighted by Crippen LogP contribution is -2.31. The van der Waals surface area contributed by atoms with Crippen molar-refractivity contribution in [3.05, 3.63) is 64.7 Å². The van der Waals surface area contributed by atoms with Crippen LogP contribution in [0.1, 0.15) is 26.7 Å². The van der Waals surface area contributed by atoms with E-state index in [1.165, 1.54) is 0 Å². The van der Waals surface area contributed by atoms with Crippen molar-refractivity contribution < 1.29 is 9.59 Å². The molecule has 3 aromatic rings. The number of hydrogen-bond donors (Lipinski definition) is 2. The van der Waals surface area contributed by atoms with Crippen LogP contribution >= 0.6 is 11.6 Å². The van der Waals surface area contributed by atoms with E-state index < -0.39 is 5.91 Å². The van der Waals surface area contributed by atoms with Gasteiger partial charge in [-0.25, -0.2) is 4.98 Å². The highest BCUT2D eigenvalue weighted by atomic mass is 35.5. The maximum Gasteiger partial charge on any atom is 0.292 e. The van der Waals surface area contributed by atoms with Crippen LogP contribution < -0.4 is 10.6 Å². The summed E-state index contributed by atoms with van der Waals surface area (Å²) in [5.74, 6) is -0.602. The molecule has 2 heterocycles. The number of nitrogens with one attached hydrogen (secondary N) is 2. The van der Waals surface area contributed by atoms with Crippen molar-refractivity contribution in [2.75, 3.05) is 32.5 Å². The molecular weight excluding hydrogens is 378 g/mol. The third-order valence-electron chi connectivity index (χ3n) is 4.33. The van der Waals surface area contributed by atoms with Crippen molar-refractivity contribution in [2.45, 2.75) is 6.92 Å². The van der Waals surface area contributed by atoms with E-state index in [1.54, 1.807) is 47.0 Å². The zero-order valence-corrected chi connectivity index (χ0v) is 16.7. The predicted octanol–water partition coefficient (Wildman–Crippen LogP) is 2.84. The largest absolute Gasteiger partial charge is 0.349 e. The number of hydrogen-bond acceptors (Lipinski definition) is 4. The van der Waals surface area contributed by atoms with Gasteiger partial charge in [-0.2, -0.15) is 0 Å². The van der Waals surface area contributed by atoms with Crippen LogP contribution in [0.5, 0.6) is 0 Å². The van der Waals surface area contributed by atoms with Crippen LogP contribution in [0.3, 0.4) is 0 Å². The number of fused-ring (bicyclic) bond motifs is 1. The van der Waals surface area contributed by atoms with Crippen molar-refractivity contribution in [1.29, 1.82) is 0 Å². The lowest BCUT2D eigenvalue weighted by atomic mass is 10.2. The van der Waals surface area contributed by atoms with Gasteiger partial charge in [0.25, 0.3) is 11.8 Å². The van der Waals surface area contributed by atoms with E-state index in [2.05, 4.69) is 15.6 Å². The predicted molar refractivity (Wildman–Crippen MR) is 110 cm³/mol. The number of halogens is 1. The molecule has 1 aromatic carbocycles. The molecule has 0 aliphatic rings. The zero-order valence-electron chi connectivity index (χ0n) is 16.0. The van der Waals surface area contributed by atoms with E-state index in [0.29, 0.717) is 29.3 Å². The zero-order chi connectivity index (χ0) is 20.3. The minimum Gasteiger partial charge on any atom is -0.349 e. The molecule has 3 rings (SSSR count). The first-order chi connectivity index (χ1) is 13.4. The van der Waals surface area contributed by atoms with Crippen LogP contribution in [0, 0.1) is 6.92 Å². The first-order valence-corrected chi connectivity index (χ1v) is 9.22. The van der Waals surface area contributed by atoms with Crippen LogP contribution in [0.25, 0.3) is 5.52 Å². The van der Waals surface area contributed by atoms with E-state index >= 15 is 0 Å². The fraction of sp³-hybridized carbons (Fsp3) is 0.250. The maximum absolute atomic E-state index is 12.9. The number of likely N-dealkylation sites (N-methyl/N-ethyl adjacent to an activating group) is 1. The number of benzene rings is 1. The molecule has 0 bridgehead atoms. The van der Waals surface area contributed by atoms with Gasteiger partial charge in [-0.1, -0.05) is 23.7 Å². The van der Waals surface area contributed by atoms with Crippen LogP contribution in [0.2, 0.25) is 5.02 Å². The quantitative estimate of drug-likeness (QED) is 0.668. The molecule has 0 aliphatic heterocycles. The van der Waals surface area contributed by atoms with Crippen LogP contribution in [0.15, 0.2) is 42.6 Å². The Bertz CT molecular complexity index is 1030. The van der Waals surface area contributed by atoms with Gasteiger partial charge >= 0.3 is 0 Å². The molecule has 2 aromatic heterocycles. The van der Waals surface area contributed by atoms with Gasteiger partial charge in [0.15, 0.2) is 5.69 Å². The van der Waals surface area contributed by atoms with E-state index in [9.17, 15) is 9.59 Å². The molecule has 2 amide bonds. The molecule has 0 unspecified atom stereocenters. The highest BCUT2D eigenvalue weighted by molar-refractivity contribution is 6.31. The second-order valence-corrected chi connectivity index (χ2v) is 7.07. The summed E-state index contributed by atoms with van der Waals surface area (Å²) in [6.07, 6.45) is 1.71. The third-order valence-corrected chi connectivity index (χ3v) is 4.74. The molecule has 0 atom stereocenters. The molecule has 8 heteroatoms. The Kier molecular flexibility index (Phi) is 5.96. The molecule has 0 saturated heterocycles. The normalized spacial score (nSPS) is 11.0. The Balaban J connectivity index is 1.90. The first-order valence-electron chi connectivity index (χ1n) is 8.85. The van der Waals surface area contributed by atoms with Gasteiger partial charge < -0.3 is 15.5 Å². The number of amides is 2. The highest BCUT2D eigenvalue weighted by Gasteiger charge is 2.21. The number of aromatic nitrogens is 2. The monoisotopic (exact) mass is 399 g/mol. The van der Waals surface area contributed by atoms with E-state index in [1.807, 2.05) is 25.9 Å². The number of carbonyl (C=O) groups excluding carboxylic acids is 2. The highest BCUT2D eigenvalue weighted by Crippen LogP contribution is 2.23. The fourth-order valence-corrected chi connectivity index (χ4v) is 2.94. The van der Waals surface area contributed by atoms with Gasteiger partial charge in [0.2, 0.25) is 5.82 Å². The lowest BCUT2D eigenvalue weighted by Gasteiger charge is -2.09. The smallest absolute Gasteiger partial charge is 0.292 e. The van der Waals surface area contributed by atoms with Gasteiger partial charge in [-0.3, -0.25) is 14.0 Å². The summed E-state index contributed by atoms with van der Waals surface area (Å²) in [6, 6.07) is 10.6. The van der Waals surface area contributed by atoms with Crippen LogP contribution in [-0.4, -0.2) is 53.3 Å². The minimum absolute atomic E-state index is 0.132. The van der Waals surface area contributed by atoms with Gasteiger partial charge in [0, 0.05) is 30.0 Å². The van der Waals surface area contributed by atoms with Crippen LogP contribution in [0.4, 0.5) is 5.69 Å². The molecule has 0 spiro atoms. The minimum atomic E-state index is -0.418. The van der Waals surface area contributed by atoms with Crippen molar-refractivity contribution in [3.63, 3.8) is 0 Å². The maximum atomic E-state index is 12.9. The summed E-state index contributed by atoms with van der Waals surface area (Å²) < 4.78 is 1.61. The van der Waals surface area contributed by atoms with Gasteiger partial charge in [0.1, 0.15) is 0 Å². The van der Waals surface area contributed by atoms with Crippen molar-refractivity contribution in [3.8, 4) is 0 Å². The molecule has 7 nitrogen and oxygen atoms in total. The molecule has 0 saturated carbocycles. The number of rotatable bonds is 6. The third kappa shape index (κ3) is 4.16. The van der Waals surface area contributed by atoms with Gasteiger partial charge in [-0.05, 0) is 50.8 Å². The second-order valence-electron chi connectivity index (χ2n) is 6.67. The molecule has 0 aliphatic carbocycles. The fourth-order valence-electron chi connectivity index (χ4n) is 2.76. The number of anilines is 1. The van der Waals surface area contributed by atoms with Gasteiger partial charge in [0.05, 0.1) is 5.52 Å². The number of pyridine rings is 1. The molecule has 0 fully saturated rings. The number of carbonyl (C=O) groups is 2. The Morgan fingerprint density at radius 2 is 1.93 bits per heavy atom. The number of imidazole rings is 1. The summed E-state index contributed by atoms with van der Waals surface area (Å²) in [6.45, 7) is 3.02. The summed E-state index contributed by atoms with van der Waals surface area (Å²) in [4.78, 5) is 31.7. The lowest BCUT2D eigenvalue weighted by molar-refractivity contribution is 0.0948. The summed E-state index contributed by atoms with van der Waals surface area (Å²) >= 11 is 6.13. The Morgan fingerprint density at radius 3 is 2.68 bits per heavy atom. The molecule has 2 N–H and O–H groups in total. The average molecular weight is 400 g/mol. The van der Waals surface area contributed by atoms with Crippen LogP contribution in [-0.2, 0) is 0 Å². The molecule has 28 heavy (non-hydrogen) atoms. The van der Waals surface area contributed by atoms with Crippen molar-refractivity contribution in [1.82, 2.24) is 19.6 Å². The SMILES string of the molecule is Cc1c(Cl)cccc1NC(=O)c1nc(C(=O)NCCN(C)C)c2ccccn12. The van der Waals surface area contributed by atoms with E-state index in [0.717, 1.165) is 5.56 Å². The molecular formula is C20H22ClN5O2. The molecule has 0 radical (unpaired) electrons. The van der Waals surface area contributed by atoms with E-state index in [-0.39, 0.29) is 17.4 Å². The van der Waals surface area contributed by atoms with E-state index in [4.69, 9.17) is 11.6 Å².